The Labute approximate surface area is 115 Å². The van der Waals surface area contributed by atoms with Crippen LogP contribution >= 0.6 is 0 Å². The first-order valence-corrected chi connectivity index (χ1v) is 6.91. The number of benzene rings is 2. The molecule has 3 rings (SSSR count). The van der Waals surface area contributed by atoms with Gasteiger partial charge in [0.15, 0.2) is 0 Å². The smallest absolute Gasteiger partial charge is 0.0166 e. The Kier molecular flexibility index (Phi) is 3.75. The zero-order valence-corrected chi connectivity index (χ0v) is 11.1. The first-order chi connectivity index (χ1) is 9.42. The molecule has 1 fully saturated rings. The lowest BCUT2D eigenvalue weighted by Crippen LogP contribution is -2.44. The van der Waals surface area contributed by atoms with Crippen LogP contribution in [0, 0.1) is 0 Å². The third-order valence-electron chi connectivity index (χ3n) is 3.70. The lowest BCUT2D eigenvalue weighted by molar-refractivity contribution is 0.167. The van der Waals surface area contributed by atoms with Crippen LogP contribution in [0.3, 0.4) is 0 Å². The van der Waals surface area contributed by atoms with E-state index in [1.165, 1.54) is 24.2 Å². The highest BCUT2D eigenvalue weighted by Crippen LogP contribution is 2.26. The second kappa shape index (κ2) is 5.85. The molecule has 0 radical (unpaired) electrons. The van der Waals surface area contributed by atoms with Gasteiger partial charge in [-0.2, -0.15) is 0 Å². The van der Waals surface area contributed by atoms with E-state index in [9.17, 15) is 0 Å². The van der Waals surface area contributed by atoms with Gasteiger partial charge in [-0.15, -0.1) is 0 Å². The van der Waals surface area contributed by atoms with Gasteiger partial charge < -0.3 is 0 Å². The lowest BCUT2D eigenvalue weighted by Gasteiger charge is -2.39. The molecule has 0 bridgehead atoms. The largest absolute Gasteiger partial charge is 0.298 e. The highest BCUT2D eigenvalue weighted by Gasteiger charge is 2.26. The fourth-order valence-electron chi connectivity index (χ4n) is 2.56. The number of hydrogen-bond donors (Lipinski definition) is 0. The molecule has 1 nitrogen and oxygen atoms in total. The molecule has 0 N–H and O–H groups in total. The van der Waals surface area contributed by atoms with Crippen LogP contribution in [-0.4, -0.2) is 24.5 Å². The van der Waals surface area contributed by atoms with Crippen LogP contribution in [0.4, 0.5) is 0 Å². The number of likely N-dealkylation sites (tertiary alicyclic amines) is 1. The summed E-state index contributed by atoms with van der Waals surface area (Å²) in [6.45, 7) is 3.42. The van der Waals surface area contributed by atoms with Crippen molar-refractivity contribution in [2.75, 3.05) is 19.6 Å². The predicted octanol–water partition coefficient (Wildman–Crippen LogP) is 3.80. The van der Waals surface area contributed by atoms with Gasteiger partial charge in [0.05, 0.1) is 0 Å². The summed E-state index contributed by atoms with van der Waals surface area (Å²) in [5.74, 6) is 0.728. The van der Waals surface area contributed by atoms with Gasteiger partial charge in [-0.25, -0.2) is 0 Å². The van der Waals surface area contributed by atoms with E-state index in [-0.39, 0.29) is 0 Å². The van der Waals surface area contributed by atoms with Gasteiger partial charge in [0.1, 0.15) is 0 Å². The van der Waals surface area contributed by atoms with Gasteiger partial charge in [0.25, 0.3) is 0 Å². The van der Waals surface area contributed by atoms with Gasteiger partial charge >= 0.3 is 0 Å². The number of nitrogens with zero attached hydrogens (tertiary/aromatic N) is 1. The Morgan fingerprint density at radius 2 is 1.53 bits per heavy atom. The maximum atomic E-state index is 2.48. The molecule has 19 heavy (non-hydrogen) atoms. The third kappa shape index (κ3) is 3.12. The second-order valence-electron chi connectivity index (χ2n) is 5.14. The van der Waals surface area contributed by atoms with Gasteiger partial charge in [-0.05, 0) is 11.1 Å². The molecule has 1 aliphatic rings. The molecule has 1 aliphatic heterocycles. The van der Waals surface area contributed by atoms with Crippen molar-refractivity contribution in [3.63, 3.8) is 0 Å². The van der Waals surface area contributed by atoms with Crippen LogP contribution in [0.2, 0.25) is 0 Å². The molecule has 0 atom stereocenters. The maximum absolute atomic E-state index is 2.48. The zero-order chi connectivity index (χ0) is 12.9. The minimum atomic E-state index is 0.728. The molecule has 1 heterocycles. The molecule has 96 valence electrons. The summed E-state index contributed by atoms with van der Waals surface area (Å²) < 4.78 is 0. The van der Waals surface area contributed by atoms with Crippen LogP contribution in [0.5, 0.6) is 0 Å². The molecule has 0 amide bonds. The molecule has 0 spiro atoms. The van der Waals surface area contributed by atoms with E-state index in [0.29, 0.717) is 0 Å². The van der Waals surface area contributed by atoms with Crippen molar-refractivity contribution >= 4 is 6.08 Å². The van der Waals surface area contributed by atoms with Gasteiger partial charge in [0, 0.05) is 25.6 Å². The minimum Gasteiger partial charge on any atom is -0.298 e. The fraction of sp³-hybridized carbons (Fsp3) is 0.222. The summed E-state index contributed by atoms with van der Waals surface area (Å²) >= 11 is 0. The van der Waals surface area contributed by atoms with E-state index in [0.717, 1.165) is 12.5 Å². The standard InChI is InChI=1S/C18H19N/c1-3-8-16(9-4-1)10-7-13-19-14-18(15-19)17-11-5-2-6-12-17/h1-12,18H,13-15H2/b10-7+. The second-order valence-corrected chi connectivity index (χ2v) is 5.14. The average molecular weight is 249 g/mol. The van der Waals surface area contributed by atoms with E-state index in [1.54, 1.807) is 0 Å². The van der Waals surface area contributed by atoms with Crippen molar-refractivity contribution in [3.05, 3.63) is 77.9 Å². The van der Waals surface area contributed by atoms with Crippen molar-refractivity contribution < 1.29 is 0 Å². The number of rotatable bonds is 4. The highest BCUT2D eigenvalue weighted by molar-refractivity contribution is 5.48. The molecular formula is C18H19N. The molecular weight excluding hydrogens is 230 g/mol. The van der Waals surface area contributed by atoms with Crippen molar-refractivity contribution in [1.29, 1.82) is 0 Å². The Hall–Kier alpha value is -1.86. The quantitative estimate of drug-likeness (QED) is 0.796. The Balaban J connectivity index is 1.46. The lowest BCUT2D eigenvalue weighted by atomic mass is 9.91. The average Bonchev–Trinajstić information content (AvgIpc) is 2.43. The van der Waals surface area contributed by atoms with Crippen molar-refractivity contribution in [1.82, 2.24) is 4.90 Å². The van der Waals surface area contributed by atoms with Crippen molar-refractivity contribution in [2.45, 2.75) is 5.92 Å². The Bertz CT molecular complexity index is 524. The van der Waals surface area contributed by atoms with Gasteiger partial charge in [-0.3, -0.25) is 4.90 Å². The Morgan fingerprint density at radius 1 is 0.895 bits per heavy atom. The summed E-state index contributed by atoms with van der Waals surface area (Å²) in [4.78, 5) is 2.48. The van der Waals surface area contributed by atoms with Crippen LogP contribution in [0.15, 0.2) is 66.7 Å². The summed E-state index contributed by atoms with van der Waals surface area (Å²) in [5.41, 5.74) is 2.76. The first kappa shape index (κ1) is 12.2. The SMILES string of the molecule is C(=C\c1ccccc1)/CN1CC(c2ccccc2)C1. The molecule has 0 aliphatic carbocycles. The highest BCUT2D eigenvalue weighted by atomic mass is 15.2. The van der Waals surface area contributed by atoms with E-state index in [2.05, 4.69) is 77.7 Å². The van der Waals surface area contributed by atoms with E-state index >= 15 is 0 Å². The van der Waals surface area contributed by atoms with Crippen LogP contribution in [0.25, 0.3) is 6.08 Å². The van der Waals surface area contributed by atoms with Crippen LogP contribution in [0.1, 0.15) is 17.0 Å². The van der Waals surface area contributed by atoms with Gasteiger partial charge in [-0.1, -0.05) is 72.8 Å². The topological polar surface area (TPSA) is 3.24 Å². The van der Waals surface area contributed by atoms with Crippen molar-refractivity contribution in [2.24, 2.45) is 0 Å². The first-order valence-electron chi connectivity index (χ1n) is 6.91. The van der Waals surface area contributed by atoms with Crippen LogP contribution < -0.4 is 0 Å². The normalized spacial score (nSPS) is 16.6. The maximum Gasteiger partial charge on any atom is 0.0166 e. The zero-order valence-electron chi connectivity index (χ0n) is 11.1. The van der Waals surface area contributed by atoms with E-state index in [4.69, 9.17) is 0 Å². The summed E-state index contributed by atoms with van der Waals surface area (Å²) in [6, 6.07) is 21.3. The molecule has 2 aromatic carbocycles. The van der Waals surface area contributed by atoms with Gasteiger partial charge in [0.2, 0.25) is 0 Å². The van der Waals surface area contributed by atoms with Crippen molar-refractivity contribution in [3.8, 4) is 0 Å². The minimum absolute atomic E-state index is 0.728. The van der Waals surface area contributed by atoms with Crippen LogP contribution in [-0.2, 0) is 0 Å². The molecule has 1 heteroatoms. The molecule has 0 aromatic heterocycles. The predicted molar refractivity (Wildman–Crippen MR) is 81.1 cm³/mol. The monoisotopic (exact) mass is 249 g/mol. The summed E-state index contributed by atoms with van der Waals surface area (Å²) in [5, 5.41) is 0. The van der Waals surface area contributed by atoms with E-state index < -0.39 is 0 Å². The molecule has 0 unspecified atom stereocenters. The third-order valence-corrected chi connectivity index (χ3v) is 3.70. The molecule has 0 saturated carbocycles. The Morgan fingerprint density at radius 3 is 2.21 bits per heavy atom. The summed E-state index contributed by atoms with van der Waals surface area (Å²) in [6.07, 6.45) is 4.46. The molecule has 1 saturated heterocycles. The van der Waals surface area contributed by atoms with E-state index in [1.807, 2.05) is 0 Å². The summed E-state index contributed by atoms with van der Waals surface area (Å²) in [7, 11) is 0. The number of hydrogen-bond acceptors (Lipinski definition) is 1. The molecule has 2 aromatic rings. The fourth-order valence-corrected chi connectivity index (χ4v) is 2.56.